The van der Waals surface area contributed by atoms with Crippen LogP contribution in [0.1, 0.15) is 35.7 Å². The van der Waals surface area contributed by atoms with E-state index in [0.29, 0.717) is 35.2 Å². The molecule has 0 fully saturated rings. The Kier molecular flexibility index (Phi) is 5.97. The van der Waals surface area contributed by atoms with E-state index in [2.05, 4.69) is 10.3 Å². The van der Waals surface area contributed by atoms with Crippen molar-refractivity contribution in [3.63, 3.8) is 0 Å². The van der Waals surface area contributed by atoms with Crippen LogP contribution in [0, 0.1) is 12.3 Å². The summed E-state index contributed by atoms with van der Waals surface area (Å²) >= 11 is 1.29. The van der Waals surface area contributed by atoms with Crippen molar-refractivity contribution in [1.29, 1.82) is 0 Å². The molecule has 0 aromatic carbocycles. The second kappa shape index (κ2) is 7.79. The summed E-state index contributed by atoms with van der Waals surface area (Å²) in [6.07, 6.45) is 1.66. The number of nitrogens with two attached hydrogens (primary N) is 1. The number of furan rings is 1. The molecule has 0 saturated heterocycles. The fourth-order valence-corrected chi connectivity index (χ4v) is 3.02. The molecule has 2 rings (SSSR count). The summed E-state index contributed by atoms with van der Waals surface area (Å²) in [6.45, 7) is 6.84. The highest BCUT2D eigenvalue weighted by Gasteiger charge is 2.22. The molecule has 0 radical (unpaired) electrons. The number of carbonyl (C=O) groups is 2. The van der Waals surface area contributed by atoms with Crippen molar-refractivity contribution in [1.82, 2.24) is 9.88 Å². The number of rotatable bonds is 7. The van der Waals surface area contributed by atoms with Crippen molar-refractivity contribution < 1.29 is 14.0 Å². The average molecular weight is 364 g/mol. The molecule has 2 amide bonds. The van der Waals surface area contributed by atoms with Crippen molar-refractivity contribution in [3.8, 4) is 0 Å². The number of aromatic nitrogens is 1. The monoisotopic (exact) mass is 364 g/mol. The lowest BCUT2D eigenvalue weighted by Gasteiger charge is -2.28. The normalized spacial score (nSPS) is 11.4. The van der Waals surface area contributed by atoms with E-state index in [1.807, 2.05) is 13.8 Å². The fraction of sp³-hybridized carbons (Fsp3) is 0.471. The van der Waals surface area contributed by atoms with Gasteiger partial charge in [-0.2, -0.15) is 0 Å². The summed E-state index contributed by atoms with van der Waals surface area (Å²) in [7, 11) is 1.76. The molecular formula is C17H24N4O3S. The van der Waals surface area contributed by atoms with E-state index in [9.17, 15) is 9.59 Å². The van der Waals surface area contributed by atoms with Gasteiger partial charge in [-0.05, 0) is 24.9 Å². The van der Waals surface area contributed by atoms with Gasteiger partial charge in [0.05, 0.1) is 23.9 Å². The first kappa shape index (κ1) is 19.1. The molecule has 2 aromatic rings. The number of anilines is 1. The third-order valence-corrected chi connectivity index (χ3v) is 4.66. The quantitative estimate of drug-likeness (QED) is 0.785. The van der Waals surface area contributed by atoms with Gasteiger partial charge in [-0.1, -0.05) is 13.8 Å². The fourth-order valence-electron chi connectivity index (χ4n) is 2.32. The molecule has 136 valence electrons. The van der Waals surface area contributed by atoms with E-state index < -0.39 is 0 Å². The lowest BCUT2D eigenvalue weighted by atomic mass is 9.93. The van der Waals surface area contributed by atoms with E-state index in [1.165, 1.54) is 17.6 Å². The third-order valence-electron chi connectivity index (χ3n) is 3.85. The predicted molar refractivity (Wildman–Crippen MR) is 97.7 cm³/mol. The third kappa shape index (κ3) is 5.14. The van der Waals surface area contributed by atoms with Crippen LogP contribution in [0.25, 0.3) is 0 Å². The molecule has 8 heteroatoms. The van der Waals surface area contributed by atoms with Crippen molar-refractivity contribution in [2.24, 2.45) is 11.1 Å². The van der Waals surface area contributed by atoms with Crippen LogP contribution in [0.3, 0.4) is 0 Å². The Balaban J connectivity index is 1.94. The minimum Gasteiger partial charge on any atom is -0.469 e. The summed E-state index contributed by atoms with van der Waals surface area (Å²) in [6, 6.07) is 1.61. The lowest BCUT2D eigenvalue weighted by Crippen LogP contribution is -2.40. The minimum absolute atomic E-state index is 0.0321. The Labute approximate surface area is 151 Å². The van der Waals surface area contributed by atoms with E-state index in [4.69, 9.17) is 10.2 Å². The topological polar surface area (TPSA) is 101 Å². The SMILES string of the molecule is Cc1occc1C(=O)Nc1nc(CC(=O)N(C)CC(C)(C)CN)cs1. The number of nitrogens with zero attached hydrogens (tertiary/aromatic N) is 2. The van der Waals surface area contributed by atoms with E-state index >= 15 is 0 Å². The first-order valence-electron chi connectivity index (χ1n) is 7.96. The van der Waals surface area contributed by atoms with Gasteiger partial charge in [-0.15, -0.1) is 11.3 Å². The molecule has 0 saturated carbocycles. The highest BCUT2D eigenvalue weighted by molar-refractivity contribution is 7.14. The molecule has 0 aliphatic rings. The summed E-state index contributed by atoms with van der Waals surface area (Å²) in [4.78, 5) is 30.4. The maximum absolute atomic E-state index is 12.3. The van der Waals surface area contributed by atoms with Crippen molar-refractivity contribution in [2.45, 2.75) is 27.2 Å². The lowest BCUT2D eigenvalue weighted by molar-refractivity contribution is -0.130. The van der Waals surface area contributed by atoms with Crippen LogP contribution in [-0.4, -0.2) is 41.8 Å². The number of thiazole rings is 1. The van der Waals surface area contributed by atoms with E-state index in [1.54, 1.807) is 30.3 Å². The maximum Gasteiger partial charge on any atom is 0.260 e. The summed E-state index contributed by atoms with van der Waals surface area (Å²) < 4.78 is 5.12. The van der Waals surface area contributed by atoms with Crippen LogP contribution in [0.15, 0.2) is 22.1 Å². The Hall–Kier alpha value is -2.19. The minimum atomic E-state index is -0.278. The van der Waals surface area contributed by atoms with E-state index in [0.717, 1.165) is 0 Å². The zero-order chi connectivity index (χ0) is 18.6. The number of carbonyl (C=O) groups excluding carboxylic acids is 2. The Morgan fingerprint density at radius 3 is 2.76 bits per heavy atom. The van der Waals surface area contributed by atoms with Crippen LogP contribution >= 0.6 is 11.3 Å². The van der Waals surface area contributed by atoms with Crippen LogP contribution in [0.4, 0.5) is 5.13 Å². The molecule has 0 unspecified atom stereocenters. The van der Waals surface area contributed by atoms with Gasteiger partial charge in [0.2, 0.25) is 5.91 Å². The molecule has 0 atom stereocenters. The van der Waals surface area contributed by atoms with Gasteiger partial charge < -0.3 is 15.1 Å². The highest BCUT2D eigenvalue weighted by Crippen LogP contribution is 2.19. The van der Waals surface area contributed by atoms with Gasteiger partial charge in [-0.25, -0.2) is 4.98 Å². The van der Waals surface area contributed by atoms with Gasteiger partial charge in [0.15, 0.2) is 5.13 Å². The Bertz CT molecular complexity index is 751. The van der Waals surface area contributed by atoms with Gasteiger partial charge in [0.25, 0.3) is 5.91 Å². The molecule has 0 aliphatic carbocycles. The molecule has 7 nitrogen and oxygen atoms in total. The number of amides is 2. The molecule has 0 bridgehead atoms. The first-order chi connectivity index (χ1) is 11.7. The highest BCUT2D eigenvalue weighted by atomic mass is 32.1. The second-order valence-corrected chi connectivity index (χ2v) is 7.64. The summed E-state index contributed by atoms with van der Waals surface area (Å²) in [5.74, 6) is 0.240. The predicted octanol–water partition coefficient (Wildman–Crippen LogP) is 2.28. The van der Waals surface area contributed by atoms with Crippen molar-refractivity contribution in [2.75, 3.05) is 25.5 Å². The smallest absolute Gasteiger partial charge is 0.260 e. The van der Waals surface area contributed by atoms with Crippen molar-refractivity contribution >= 4 is 28.3 Å². The van der Waals surface area contributed by atoms with Crippen LogP contribution in [0.2, 0.25) is 0 Å². The number of likely N-dealkylation sites (N-methyl/N-ethyl adjacent to an activating group) is 1. The molecular weight excluding hydrogens is 340 g/mol. The zero-order valence-electron chi connectivity index (χ0n) is 15.0. The standard InChI is InChI=1S/C17H24N4O3S/c1-11-13(5-6-24-11)15(23)20-16-19-12(8-25-16)7-14(22)21(4)10-17(2,3)9-18/h5-6,8H,7,9-10,18H2,1-4H3,(H,19,20,23). The van der Waals surface area contributed by atoms with Gasteiger partial charge >= 0.3 is 0 Å². The van der Waals surface area contributed by atoms with Gasteiger partial charge in [-0.3, -0.25) is 14.9 Å². The van der Waals surface area contributed by atoms with E-state index in [-0.39, 0.29) is 23.7 Å². The van der Waals surface area contributed by atoms with Gasteiger partial charge in [0.1, 0.15) is 5.76 Å². The molecule has 25 heavy (non-hydrogen) atoms. The summed E-state index contributed by atoms with van der Waals surface area (Å²) in [5, 5.41) is 4.95. The number of hydrogen-bond acceptors (Lipinski definition) is 6. The van der Waals surface area contributed by atoms with Crippen molar-refractivity contribution in [3.05, 3.63) is 34.7 Å². The molecule has 2 aromatic heterocycles. The largest absolute Gasteiger partial charge is 0.469 e. The average Bonchev–Trinajstić information content (AvgIpc) is 3.15. The number of hydrogen-bond donors (Lipinski definition) is 2. The molecule has 0 aliphatic heterocycles. The number of aryl methyl sites for hydroxylation is 1. The summed E-state index contributed by atoms with van der Waals surface area (Å²) in [5.41, 5.74) is 6.68. The molecule has 0 spiro atoms. The first-order valence-corrected chi connectivity index (χ1v) is 8.83. The maximum atomic E-state index is 12.3. The molecule has 3 N–H and O–H groups in total. The Morgan fingerprint density at radius 1 is 1.44 bits per heavy atom. The number of nitrogens with one attached hydrogen (secondary N) is 1. The van der Waals surface area contributed by atoms with Crippen LogP contribution in [0.5, 0.6) is 0 Å². The zero-order valence-corrected chi connectivity index (χ0v) is 15.8. The Morgan fingerprint density at radius 2 is 2.16 bits per heavy atom. The van der Waals surface area contributed by atoms with Crippen LogP contribution in [-0.2, 0) is 11.2 Å². The molecule has 2 heterocycles. The second-order valence-electron chi connectivity index (χ2n) is 6.78. The van der Waals surface area contributed by atoms with Gasteiger partial charge in [0, 0.05) is 19.0 Å². The van der Waals surface area contributed by atoms with Crippen LogP contribution < -0.4 is 11.1 Å².